The van der Waals surface area contributed by atoms with Crippen molar-refractivity contribution in [2.45, 2.75) is 96.8 Å². The molecule has 0 saturated heterocycles. The van der Waals surface area contributed by atoms with Gasteiger partial charge in [-0.25, -0.2) is 9.59 Å². The van der Waals surface area contributed by atoms with E-state index in [1.54, 1.807) is 12.1 Å². The Morgan fingerprint density at radius 1 is 0.651 bits per heavy atom. The van der Waals surface area contributed by atoms with Gasteiger partial charge in [-0.15, -0.1) is 0 Å². The second-order valence-corrected chi connectivity index (χ2v) is 10.5. The van der Waals surface area contributed by atoms with Crippen LogP contribution in [0.1, 0.15) is 107 Å². The summed E-state index contributed by atoms with van der Waals surface area (Å²) >= 11 is 0. The van der Waals surface area contributed by atoms with Crippen molar-refractivity contribution in [2.24, 2.45) is 0 Å². The number of hydrogen-bond donors (Lipinski definition) is 0. The molecule has 0 bridgehead atoms. The van der Waals surface area contributed by atoms with Crippen molar-refractivity contribution in [3.63, 3.8) is 0 Å². The molecule has 0 aliphatic carbocycles. The molecular weight excluding hydrogens is 536 g/mol. The topological polar surface area (TPSA) is 61.8 Å². The summed E-state index contributed by atoms with van der Waals surface area (Å²) in [7, 11) is 0. The zero-order valence-corrected chi connectivity index (χ0v) is 26.0. The Morgan fingerprint density at radius 3 is 1.81 bits per heavy atom. The fourth-order valence-corrected chi connectivity index (χ4v) is 4.29. The third-order valence-electron chi connectivity index (χ3n) is 6.85. The number of hydrogen-bond acceptors (Lipinski definition) is 5. The van der Waals surface area contributed by atoms with Gasteiger partial charge in [0.2, 0.25) is 0 Å². The van der Waals surface area contributed by atoms with E-state index in [1.165, 1.54) is 38.2 Å². The van der Waals surface area contributed by atoms with Gasteiger partial charge >= 0.3 is 11.9 Å². The summed E-state index contributed by atoms with van der Waals surface area (Å²) in [4.78, 5) is 23.4. The zero-order valence-electron chi connectivity index (χ0n) is 26.0. The van der Waals surface area contributed by atoms with Crippen LogP contribution in [0.5, 0.6) is 5.75 Å². The second-order valence-electron chi connectivity index (χ2n) is 10.5. The quantitative estimate of drug-likeness (QED) is 0.0634. The van der Waals surface area contributed by atoms with E-state index >= 15 is 0 Å². The van der Waals surface area contributed by atoms with Crippen LogP contribution in [0.2, 0.25) is 0 Å². The molecule has 2 aromatic carbocycles. The Balaban J connectivity index is 1.57. The first-order valence-corrected chi connectivity index (χ1v) is 15.9. The maximum Gasteiger partial charge on any atom is 0.338 e. The number of carbonyl (C=O) groups is 2. The van der Waals surface area contributed by atoms with Gasteiger partial charge in [0.05, 0.1) is 25.4 Å². The molecule has 0 atom stereocenters. The average Bonchev–Trinajstić information content (AvgIpc) is 3.04. The molecule has 0 spiro atoms. The summed E-state index contributed by atoms with van der Waals surface area (Å²) in [6, 6.07) is 15.4. The summed E-state index contributed by atoms with van der Waals surface area (Å²) in [6.45, 7) is 7.08. The van der Waals surface area contributed by atoms with E-state index in [9.17, 15) is 9.59 Å². The molecule has 0 aliphatic rings. The van der Waals surface area contributed by atoms with Gasteiger partial charge in [-0.3, -0.25) is 0 Å². The predicted octanol–water partition coefficient (Wildman–Crippen LogP) is 9.11. The average molecular weight is 585 g/mol. The molecule has 5 heteroatoms. The fraction of sp³-hybridized carbons (Fsp3) is 0.474. The molecule has 0 aliphatic heterocycles. The molecule has 0 fully saturated rings. The summed E-state index contributed by atoms with van der Waals surface area (Å²) in [6.07, 6.45) is 16.0. The zero-order chi connectivity index (χ0) is 30.8. The molecule has 0 saturated carbocycles. The summed E-state index contributed by atoms with van der Waals surface area (Å²) in [5, 5.41) is 0. The lowest BCUT2D eigenvalue weighted by Crippen LogP contribution is -2.06. The summed E-state index contributed by atoms with van der Waals surface area (Å²) in [5.74, 6) is 12.2. The van der Waals surface area contributed by atoms with Crippen LogP contribution in [-0.4, -0.2) is 31.8 Å². The van der Waals surface area contributed by atoms with Crippen molar-refractivity contribution >= 4 is 11.9 Å². The third-order valence-corrected chi connectivity index (χ3v) is 6.85. The number of unbranched alkanes of at least 4 members (excludes halogenated alkanes) is 11. The van der Waals surface area contributed by atoms with Crippen LogP contribution in [0, 0.1) is 23.7 Å². The van der Waals surface area contributed by atoms with E-state index in [2.05, 4.69) is 37.2 Å². The first kappa shape index (κ1) is 35.2. The van der Waals surface area contributed by atoms with Gasteiger partial charge in [-0.1, -0.05) is 81.7 Å². The maximum absolute atomic E-state index is 12.4. The molecule has 5 nitrogen and oxygen atoms in total. The Morgan fingerprint density at radius 2 is 1.16 bits per heavy atom. The monoisotopic (exact) mass is 584 g/mol. The molecule has 0 N–H and O–H groups in total. The van der Waals surface area contributed by atoms with Crippen molar-refractivity contribution < 1.29 is 23.8 Å². The molecule has 2 rings (SSSR count). The van der Waals surface area contributed by atoms with Gasteiger partial charge < -0.3 is 14.2 Å². The minimum Gasteiger partial charge on any atom is -0.494 e. The van der Waals surface area contributed by atoms with Crippen molar-refractivity contribution in [2.75, 3.05) is 19.8 Å². The molecule has 0 radical (unpaired) electrons. The summed E-state index contributed by atoms with van der Waals surface area (Å²) < 4.78 is 16.2. The van der Waals surface area contributed by atoms with E-state index in [0.29, 0.717) is 25.4 Å². The van der Waals surface area contributed by atoms with Crippen LogP contribution in [0.3, 0.4) is 0 Å². The molecular formula is C38H48O5. The van der Waals surface area contributed by atoms with Crippen molar-refractivity contribution in [3.05, 3.63) is 66.7 Å². The number of ether oxygens (including phenoxy) is 3. The first-order chi connectivity index (χ1) is 21.1. The van der Waals surface area contributed by atoms with Crippen molar-refractivity contribution in [1.82, 2.24) is 0 Å². The van der Waals surface area contributed by atoms with Crippen LogP contribution in [0.25, 0.3) is 11.1 Å². The molecule has 230 valence electrons. The fourth-order valence-electron chi connectivity index (χ4n) is 4.29. The van der Waals surface area contributed by atoms with E-state index in [1.807, 2.05) is 36.4 Å². The number of rotatable bonds is 21. The highest BCUT2D eigenvalue weighted by atomic mass is 16.5. The van der Waals surface area contributed by atoms with Gasteiger partial charge in [-0.2, -0.15) is 0 Å². The number of esters is 2. The van der Waals surface area contributed by atoms with Gasteiger partial charge in [-0.05, 0) is 92.2 Å². The standard InChI is InChI=1S/C38H48O5/c1-3-5-6-7-8-9-10-11-12-13-14-15-16-21-32-43-38(40)35-24-22-33(23-25-35)34-26-28-36(29-27-34)41-30-19-17-18-20-31-42-37(39)4-2/h4,22-29H,2-3,5-10,15-21,30-32H2,1H3. The molecule has 43 heavy (non-hydrogen) atoms. The van der Waals surface area contributed by atoms with E-state index < -0.39 is 0 Å². The maximum atomic E-state index is 12.4. The van der Waals surface area contributed by atoms with Crippen molar-refractivity contribution in [3.8, 4) is 40.6 Å². The van der Waals surface area contributed by atoms with Crippen molar-refractivity contribution in [1.29, 1.82) is 0 Å². The van der Waals surface area contributed by atoms with Crippen LogP contribution >= 0.6 is 0 Å². The minimum absolute atomic E-state index is 0.306. The second kappa shape index (κ2) is 23.6. The van der Waals surface area contributed by atoms with E-state index in [0.717, 1.165) is 74.7 Å². The van der Waals surface area contributed by atoms with Gasteiger partial charge in [0.1, 0.15) is 5.75 Å². The largest absolute Gasteiger partial charge is 0.494 e. The Bertz CT molecular complexity index is 1190. The van der Waals surface area contributed by atoms with Gasteiger partial charge in [0, 0.05) is 18.9 Å². The smallest absolute Gasteiger partial charge is 0.338 e. The molecule has 0 unspecified atom stereocenters. The van der Waals surface area contributed by atoms with E-state index in [-0.39, 0.29) is 11.9 Å². The van der Waals surface area contributed by atoms with Crippen LogP contribution in [0.4, 0.5) is 0 Å². The highest BCUT2D eigenvalue weighted by Gasteiger charge is 2.07. The highest BCUT2D eigenvalue weighted by molar-refractivity contribution is 5.90. The van der Waals surface area contributed by atoms with Crippen LogP contribution in [0.15, 0.2) is 61.2 Å². The predicted molar refractivity (Wildman–Crippen MR) is 175 cm³/mol. The lowest BCUT2D eigenvalue weighted by molar-refractivity contribution is -0.137. The lowest BCUT2D eigenvalue weighted by Gasteiger charge is -2.08. The molecule has 0 heterocycles. The Labute approximate surface area is 259 Å². The summed E-state index contributed by atoms with van der Waals surface area (Å²) in [5.41, 5.74) is 2.62. The SMILES string of the molecule is C=CC(=O)OCCCCCCOc1ccc(-c2ccc(C(=O)OCCCCC#CC#CCCCCCCCC)cc2)cc1. The molecule has 0 amide bonds. The van der Waals surface area contributed by atoms with Gasteiger partial charge in [0.25, 0.3) is 0 Å². The highest BCUT2D eigenvalue weighted by Crippen LogP contribution is 2.23. The van der Waals surface area contributed by atoms with E-state index in [4.69, 9.17) is 14.2 Å². The molecule has 0 aromatic heterocycles. The lowest BCUT2D eigenvalue weighted by atomic mass is 10.0. The Hall–Kier alpha value is -3.96. The third kappa shape index (κ3) is 16.9. The number of benzene rings is 2. The van der Waals surface area contributed by atoms with Crippen LogP contribution < -0.4 is 4.74 Å². The minimum atomic E-state index is -0.371. The Kier molecular flexibility index (Phi) is 19.3. The first-order valence-electron chi connectivity index (χ1n) is 15.9. The van der Waals surface area contributed by atoms with Gasteiger partial charge in [0.15, 0.2) is 0 Å². The molecule has 2 aromatic rings. The van der Waals surface area contributed by atoms with Crippen LogP contribution in [-0.2, 0) is 14.3 Å². The normalized spacial score (nSPS) is 10.1. The number of carbonyl (C=O) groups excluding carboxylic acids is 2.